The first-order valence-corrected chi connectivity index (χ1v) is 6.84. The van der Waals surface area contributed by atoms with Crippen LogP contribution in [-0.4, -0.2) is 26.9 Å². The van der Waals surface area contributed by atoms with Gasteiger partial charge in [-0.25, -0.2) is 8.42 Å². The number of hydrogen-bond donors (Lipinski definition) is 0. The molecule has 0 N–H and O–H groups in total. The molecule has 0 aliphatic carbocycles. The van der Waals surface area contributed by atoms with Crippen molar-refractivity contribution in [1.82, 2.24) is 0 Å². The molecule has 1 atom stereocenters. The maximum absolute atomic E-state index is 11.7. The van der Waals surface area contributed by atoms with E-state index in [-0.39, 0.29) is 17.6 Å². The summed E-state index contributed by atoms with van der Waals surface area (Å²) in [6, 6.07) is 9.25. The predicted molar refractivity (Wildman–Crippen MR) is 58.3 cm³/mol. The number of hydrogen-bond acceptors (Lipinski definition) is 3. The van der Waals surface area contributed by atoms with E-state index < -0.39 is 9.84 Å². The van der Waals surface area contributed by atoms with Gasteiger partial charge >= 0.3 is 0 Å². The van der Waals surface area contributed by atoms with Crippen molar-refractivity contribution < 1.29 is 13.2 Å². The van der Waals surface area contributed by atoms with Gasteiger partial charge in [-0.3, -0.25) is 0 Å². The van der Waals surface area contributed by atoms with E-state index in [2.05, 4.69) is 0 Å². The van der Waals surface area contributed by atoms with Gasteiger partial charge in [0.1, 0.15) is 0 Å². The molecule has 0 amide bonds. The maximum atomic E-state index is 11.7. The van der Waals surface area contributed by atoms with Crippen LogP contribution in [0.3, 0.4) is 0 Å². The second-order valence-corrected chi connectivity index (χ2v) is 5.93. The standard InChI is InChI=1S/C11H14O3S/c12-15(13,9-11-6-7-14-11)8-10-4-2-1-3-5-10/h1-5,11H,6-9H2. The molecular formula is C11H14O3S. The summed E-state index contributed by atoms with van der Waals surface area (Å²) in [7, 11) is -3.02. The molecule has 3 nitrogen and oxygen atoms in total. The molecule has 0 saturated carbocycles. The van der Waals surface area contributed by atoms with Crippen molar-refractivity contribution in [2.24, 2.45) is 0 Å². The Labute approximate surface area is 90.0 Å². The molecule has 1 aliphatic rings. The third kappa shape index (κ3) is 3.04. The number of rotatable bonds is 4. The fraction of sp³-hybridized carbons (Fsp3) is 0.455. The van der Waals surface area contributed by atoms with E-state index in [0.29, 0.717) is 6.61 Å². The highest BCUT2D eigenvalue weighted by atomic mass is 32.2. The van der Waals surface area contributed by atoms with Gasteiger partial charge in [0.2, 0.25) is 0 Å². The molecule has 0 aromatic heterocycles. The van der Waals surface area contributed by atoms with Crippen molar-refractivity contribution in [3.05, 3.63) is 35.9 Å². The van der Waals surface area contributed by atoms with Gasteiger partial charge in [-0.1, -0.05) is 30.3 Å². The normalized spacial score (nSPS) is 20.9. The summed E-state index contributed by atoms with van der Waals surface area (Å²) in [6.45, 7) is 0.700. The van der Waals surface area contributed by atoms with Gasteiger partial charge in [-0.2, -0.15) is 0 Å². The van der Waals surface area contributed by atoms with Crippen LogP contribution in [0.25, 0.3) is 0 Å². The summed E-state index contributed by atoms with van der Waals surface area (Å²) in [4.78, 5) is 0. The average Bonchev–Trinajstić information content (AvgIpc) is 2.13. The lowest BCUT2D eigenvalue weighted by molar-refractivity contribution is -0.0352. The van der Waals surface area contributed by atoms with Gasteiger partial charge in [0.25, 0.3) is 0 Å². The van der Waals surface area contributed by atoms with E-state index in [1.807, 2.05) is 30.3 Å². The Hall–Kier alpha value is -0.870. The van der Waals surface area contributed by atoms with Crippen LogP contribution in [0.4, 0.5) is 0 Å². The molecule has 1 saturated heterocycles. The molecule has 1 aromatic carbocycles. The summed E-state index contributed by atoms with van der Waals surface area (Å²) < 4.78 is 28.6. The van der Waals surface area contributed by atoms with Crippen molar-refractivity contribution in [2.45, 2.75) is 18.3 Å². The molecule has 1 fully saturated rings. The highest BCUT2D eigenvalue weighted by molar-refractivity contribution is 7.90. The van der Waals surface area contributed by atoms with Gasteiger partial charge in [0.05, 0.1) is 17.6 Å². The third-order valence-electron chi connectivity index (χ3n) is 2.46. The van der Waals surface area contributed by atoms with Crippen LogP contribution in [0.1, 0.15) is 12.0 Å². The van der Waals surface area contributed by atoms with Gasteiger partial charge < -0.3 is 4.74 Å². The minimum Gasteiger partial charge on any atom is -0.377 e. The van der Waals surface area contributed by atoms with Crippen LogP contribution >= 0.6 is 0 Å². The van der Waals surface area contributed by atoms with Crippen molar-refractivity contribution in [3.8, 4) is 0 Å². The monoisotopic (exact) mass is 226 g/mol. The van der Waals surface area contributed by atoms with Gasteiger partial charge in [0.15, 0.2) is 9.84 Å². The fourth-order valence-electron chi connectivity index (χ4n) is 1.59. The van der Waals surface area contributed by atoms with E-state index in [9.17, 15) is 8.42 Å². The first-order chi connectivity index (χ1) is 7.16. The van der Waals surface area contributed by atoms with Crippen molar-refractivity contribution in [2.75, 3.05) is 12.4 Å². The largest absolute Gasteiger partial charge is 0.377 e. The van der Waals surface area contributed by atoms with Gasteiger partial charge in [-0.05, 0) is 12.0 Å². The molecule has 1 unspecified atom stereocenters. The molecule has 82 valence electrons. The van der Waals surface area contributed by atoms with E-state index >= 15 is 0 Å². The quantitative estimate of drug-likeness (QED) is 0.779. The van der Waals surface area contributed by atoms with E-state index in [4.69, 9.17) is 4.74 Å². The Balaban J connectivity index is 1.98. The Morgan fingerprint density at radius 2 is 1.93 bits per heavy atom. The lowest BCUT2D eigenvalue weighted by atomic mass is 10.2. The van der Waals surface area contributed by atoms with Gasteiger partial charge in [0, 0.05) is 6.61 Å². The average molecular weight is 226 g/mol. The molecule has 0 bridgehead atoms. The Kier molecular flexibility index (Phi) is 3.07. The van der Waals surface area contributed by atoms with Crippen LogP contribution in [0.5, 0.6) is 0 Å². The molecule has 0 spiro atoms. The Morgan fingerprint density at radius 1 is 1.27 bits per heavy atom. The van der Waals surface area contributed by atoms with Crippen LogP contribution in [-0.2, 0) is 20.3 Å². The first-order valence-electron chi connectivity index (χ1n) is 5.02. The molecule has 2 rings (SSSR count). The van der Waals surface area contributed by atoms with Crippen molar-refractivity contribution in [3.63, 3.8) is 0 Å². The summed E-state index contributed by atoms with van der Waals surface area (Å²) in [5, 5.41) is 0. The van der Waals surface area contributed by atoms with Crippen LogP contribution in [0.15, 0.2) is 30.3 Å². The Bertz CT molecular complexity index is 407. The maximum Gasteiger partial charge on any atom is 0.156 e. The lowest BCUT2D eigenvalue weighted by Gasteiger charge is -2.25. The zero-order chi connectivity index (χ0) is 10.7. The smallest absolute Gasteiger partial charge is 0.156 e. The lowest BCUT2D eigenvalue weighted by Crippen LogP contribution is -2.34. The summed E-state index contributed by atoms with van der Waals surface area (Å²) >= 11 is 0. The SMILES string of the molecule is O=S(=O)(Cc1ccccc1)CC1CCO1. The minimum atomic E-state index is -3.02. The summed E-state index contributed by atoms with van der Waals surface area (Å²) in [5.74, 6) is 0.273. The zero-order valence-corrected chi connectivity index (χ0v) is 9.24. The zero-order valence-electron chi connectivity index (χ0n) is 8.43. The number of ether oxygens (including phenoxy) is 1. The molecule has 1 aromatic rings. The van der Waals surface area contributed by atoms with E-state index in [1.165, 1.54) is 0 Å². The van der Waals surface area contributed by atoms with E-state index in [1.54, 1.807) is 0 Å². The minimum absolute atomic E-state index is 0.0706. The summed E-state index contributed by atoms with van der Waals surface area (Å²) in [6.07, 6.45) is 0.798. The van der Waals surface area contributed by atoms with Gasteiger partial charge in [-0.15, -0.1) is 0 Å². The van der Waals surface area contributed by atoms with Crippen molar-refractivity contribution in [1.29, 1.82) is 0 Å². The second kappa shape index (κ2) is 4.33. The molecular weight excluding hydrogens is 212 g/mol. The second-order valence-electron chi connectivity index (χ2n) is 3.82. The third-order valence-corrected chi connectivity index (χ3v) is 4.12. The number of benzene rings is 1. The Morgan fingerprint density at radius 3 is 2.47 bits per heavy atom. The van der Waals surface area contributed by atoms with Crippen LogP contribution in [0.2, 0.25) is 0 Å². The van der Waals surface area contributed by atoms with Crippen LogP contribution < -0.4 is 0 Å². The number of sulfone groups is 1. The van der Waals surface area contributed by atoms with Crippen LogP contribution in [0, 0.1) is 0 Å². The first kappa shape index (κ1) is 10.6. The fourth-order valence-corrected chi connectivity index (χ4v) is 3.23. The molecule has 0 radical (unpaired) electrons. The van der Waals surface area contributed by atoms with E-state index in [0.717, 1.165) is 12.0 Å². The molecule has 1 heterocycles. The molecule has 4 heteroatoms. The molecule has 15 heavy (non-hydrogen) atoms. The highest BCUT2D eigenvalue weighted by Gasteiger charge is 2.25. The summed E-state index contributed by atoms with van der Waals surface area (Å²) in [5.41, 5.74) is 0.844. The topological polar surface area (TPSA) is 43.4 Å². The van der Waals surface area contributed by atoms with Crippen molar-refractivity contribution >= 4 is 9.84 Å². The molecule has 1 aliphatic heterocycles. The predicted octanol–water partition coefficient (Wildman–Crippen LogP) is 1.39. The highest BCUT2D eigenvalue weighted by Crippen LogP contribution is 2.15.